The number of hydrogen-bond donors (Lipinski definition) is 1. The van der Waals surface area contributed by atoms with E-state index in [0.717, 1.165) is 6.04 Å². The van der Waals surface area contributed by atoms with Crippen LogP contribution in [0, 0.1) is 0 Å². The molecule has 2 aliphatic heterocycles. The zero-order valence-corrected chi connectivity index (χ0v) is 8.00. The fourth-order valence-corrected chi connectivity index (χ4v) is 1.47. The first-order chi connectivity index (χ1) is 6.91. The van der Waals surface area contributed by atoms with Crippen LogP contribution in [-0.4, -0.2) is 34.7 Å². The number of carboxylic acids is 1. The first kappa shape index (κ1) is 11.9. The molecule has 3 nitrogen and oxygen atoms in total. The Labute approximate surface area is 85.2 Å². The van der Waals surface area contributed by atoms with E-state index in [1.54, 1.807) is 0 Å². The monoisotopic (exact) mass is 223 g/mol. The number of hydrogen-bond acceptors (Lipinski definition) is 2. The van der Waals surface area contributed by atoms with E-state index < -0.39 is 12.1 Å². The predicted octanol–water partition coefficient (Wildman–Crippen LogP) is 2.00. The molecular formula is C9H12F3NO2. The summed E-state index contributed by atoms with van der Waals surface area (Å²) in [5.41, 5.74) is 0. The molecule has 2 rings (SSSR count). The van der Waals surface area contributed by atoms with Crippen LogP contribution < -0.4 is 0 Å². The molecule has 0 aromatic heterocycles. The van der Waals surface area contributed by atoms with Crippen LogP contribution in [0.1, 0.15) is 19.3 Å². The number of carboxylic acid groups (broad SMARTS) is 1. The fourth-order valence-electron chi connectivity index (χ4n) is 1.47. The van der Waals surface area contributed by atoms with Crippen LogP contribution >= 0.6 is 0 Å². The van der Waals surface area contributed by atoms with E-state index >= 15 is 0 Å². The van der Waals surface area contributed by atoms with Crippen LogP contribution in [0.2, 0.25) is 0 Å². The van der Waals surface area contributed by atoms with Crippen molar-refractivity contribution in [2.24, 2.45) is 0 Å². The molecule has 0 spiro atoms. The summed E-state index contributed by atoms with van der Waals surface area (Å²) in [5, 5.41) is 7.12. The van der Waals surface area contributed by atoms with Crippen molar-refractivity contribution in [1.82, 2.24) is 4.90 Å². The Morgan fingerprint density at radius 2 is 2.00 bits per heavy atom. The first-order valence-corrected chi connectivity index (χ1v) is 4.64. The Morgan fingerprint density at radius 1 is 1.40 bits per heavy atom. The highest BCUT2D eigenvalue weighted by atomic mass is 19.4. The maximum Gasteiger partial charge on any atom is 0.490 e. The van der Waals surface area contributed by atoms with E-state index in [4.69, 9.17) is 9.90 Å². The number of aliphatic carboxylic acids is 1. The van der Waals surface area contributed by atoms with Crippen molar-refractivity contribution in [3.8, 4) is 0 Å². The molecule has 0 aliphatic carbocycles. The Kier molecular flexibility index (Phi) is 3.60. The third-order valence-electron chi connectivity index (χ3n) is 2.40. The summed E-state index contributed by atoms with van der Waals surface area (Å²) >= 11 is 0. The SMILES string of the molecule is C1=CN2CCC2CC1.O=C(O)C(F)(F)F. The lowest BCUT2D eigenvalue weighted by atomic mass is 9.96. The van der Waals surface area contributed by atoms with Crippen molar-refractivity contribution < 1.29 is 23.1 Å². The quantitative estimate of drug-likeness (QED) is 0.682. The molecule has 1 atom stereocenters. The highest BCUT2D eigenvalue weighted by Gasteiger charge is 2.38. The van der Waals surface area contributed by atoms with Gasteiger partial charge in [0.2, 0.25) is 0 Å². The summed E-state index contributed by atoms with van der Waals surface area (Å²) in [7, 11) is 0. The van der Waals surface area contributed by atoms with Gasteiger partial charge in [-0.3, -0.25) is 0 Å². The zero-order valence-electron chi connectivity index (χ0n) is 8.00. The smallest absolute Gasteiger partial charge is 0.475 e. The van der Waals surface area contributed by atoms with Crippen molar-refractivity contribution in [3.63, 3.8) is 0 Å². The lowest BCUT2D eigenvalue weighted by Gasteiger charge is -2.42. The predicted molar refractivity (Wildman–Crippen MR) is 47.2 cm³/mol. The Balaban J connectivity index is 0.000000153. The lowest BCUT2D eigenvalue weighted by Crippen LogP contribution is -2.44. The van der Waals surface area contributed by atoms with Crippen molar-refractivity contribution in [2.45, 2.75) is 31.5 Å². The van der Waals surface area contributed by atoms with Crippen LogP contribution in [-0.2, 0) is 4.79 Å². The summed E-state index contributed by atoms with van der Waals surface area (Å²) in [4.78, 5) is 11.3. The first-order valence-electron chi connectivity index (χ1n) is 4.64. The summed E-state index contributed by atoms with van der Waals surface area (Å²) in [6, 6.07) is 0.931. The minimum atomic E-state index is -5.08. The molecular weight excluding hydrogens is 211 g/mol. The van der Waals surface area contributed by atoms with Gasteiger partial charge in [0.1, 0.15) is 0 Å². The molecule has 1 fully saturated rings. The zero-order chi connectivity index (χ0) is 11.5. The number of nitrogens with zero attached hydrogens (tertiary/aromatic N) is 1. The van der Waals surface area contributed by atoms with Gasteiger partial charge in [-0.15, -0.1) is 0 Å². The molecule has 6 heteroatoms. The molecule has 0 amide bonds. The second-order valence-corrected chi connectivity index (χ2v) is 3.45. The minimum absolute atomic E-state index is 0.931. The van der Waals surface area contributed by atoms with Gasteiger partial charge in [-0.2, -0.15) is 13.2 Å². The van der Waals surface area contributed by atoms with Crippen LogP contribution in [0.4, 0.5) is 13.2 Å². The van der Waals surface area contributed by atoms with Crippen molar-refractivity contribution in [2.75, 3.05) is 6.54 Å². The molecule has 0 saturated carbocycles. The van der Waals surface area contributed by atoms with Gasteiger partial charge in [0.05, 0.1) is 0 Å². The molecule has 0 bridgehead atoms. The highest BCUT2D eigenvalue weighted by Crippen LogP contribution is 2.25. The summed E-state index contributed by atoms with van der Waals surface area (Å²) < 4.78 is 31.7. The molecule has 2 aliphatic rings. The summed E-state index contributed by atoms with van der Waals surface area (Å²) in [5.74, 6) is -2.76. The number of halogens is 3. The van der Waals surface area contributed by atoms with Gasteiger partial charge in [-0.25, -0.2) is 4.79 Å². The molecule has 2 heterocycles. The van der Waals surface area contributed by atoms with Crippen LogP contribution in [0.5, 0.6) is 0 Å². The van der Waals surface area contributed by atoms with Crippen LogP contribution in [0.25, 0.3) is 0 Å². The fraction of sp³-hybridized carbons (Fsp3) is 0.667. The van der Waals surface area contributed by atoms with Crippen molar-refractivity contribution >= 4 is 5.97 Å². The topological polar surface area (TPSA) is 40.5 Å². The van der Waals surface area contributed by atoms with Crippen molar-refractivity contribution in [1.29, 1.82) is 0 Å². The number of rotatable bonds is 0. The van der Waals surface area contributed by atoms with E-state index in [-0.39, 0.29) is 0 Å². The van der Waals surface area contributed by atoms with Crippen LogP contribution in [0.3, 0.4) is 0 Å². The molecule has 1 unspecified atom stereocenters. The molecule has 0 aromatic carbocycles. The van der Waals surface area contributed by atoms with E-state index in [9.17, 15) is 13.2 Å². The van der Waals surface area contributed by atoms with Gasteiger partial charge in [0.15, 0.2) is 0 Å². The molecule has 86 valence electrons. The van der Waals surface area contributed by atoms with E-state index in [2.05, 4.69) is 17.2 Å². The summed E-state index contributed by atoms with van der Waals surface area (Å²) in [6.07, 6.45) is 3.58. The van der Waals surface area contributed by atoms with Gasteiger partial charge in [-0.1, -0.05) is 6.08 Å². The number of alkyl halides is 3. The standard InChI is InChI=1S/C7H11N.C2HF3O2/c1-2-5-8-6-4-7(8)3-1;3-2(4,5)1(6)7/h2,5,7H,1,3-4,6H2;(H,6,7). The van der Waals surface area contributed by atoms with E-state index in [1.165, 1.54) is 25.8 Å². The number of allylic oxidation sites excluding steroid dienone is 1. The molecule has 1 saturated heterocycles. The van der Waals surface area contributed by atoms with Gasteiger partial charge < -0.3 is 10.0 Å². The Hall–Kier alpha value is -1.20. The second-order valence-electron chi connectivity index (χ2n) is 3.45. The second kappa shape index (κ2) is 4.55. The summed E-state index contributed by atoms with van der Waals surface area (Å²) in [6.45, 7) is 1.31. The van der Waals surface area contributed by atoms with Crippen molar-refractivity contribution in [3.05, 3.63) is 12.3 Å². The van der Waals surface area contributed by atoms with E-state index in [1.807, 2.05) is 0 Å². The average Bonchev–Trinajstić information content (AvgIpc) is 2.07. The Morgan fingerprint density at radius 3 is 2.20 bits per heavy atom. The van der Waals surface area contributed by atoms with Crippen LogP contribution in [0.15, 0.2) is 12.3 Å². The third kappa shape index (κ3) is 3.45. The molecule has 0 radical (unpaired) electrons. The molecule has 1 N–H and O–H groups in total. The molecule has 15 heavy (non-hydrogen) atoms. The maximum absolute atomic E-state index is 10.6. The van der Waals surface area contributed by atoms with Gasteiger partial charge in [0, 0.05) is 12.6 Å². The van der Waals surface area contributed by atoms with Gasteiger partial charge in [0.25, 0.3) is 0 Å². The van der Waals surface area contributed by atoms with Gasteiger partial charge in [-0.05, 0) is 25.5 Å². The Bertz CT molecular complexity index is 263. The largest absolute Gasteiger partial charge is 0.490 e. The van der Waals surface area contributed by atoms with E-state index in [0.29, 0.717) is 0 Å². The lowest BCUT2D eigenvalue weighted by molar-refractivity contribution is -0.192. The maximum atomic E-state index is 10.6. The normalized spacial score (nSPS) is 23.4. The number of fused-ring (bicyclic) bond motifs is 1. The number of carbonyl (C=O) groups is 1. The average molecular weight is 223 g/mol. The minimum Gasteiger partial charge on any atom is -0.475 e. The third-order valence-corrected chi connectivity index (χ3v) is 2.40. The van der Waals surface area contributed by atoms with Gasteiger partial charge >= 0.3 is 12.1 Å². The highest BCUT2D eigenvalue weighted by molar-refractivity contribution is 5.73. The molecule has 0 aromatic rings.